The van der Waals surface area contributed by atoms with Crippen molar-refractivity contribution in [2.24, 2.45) is 0 Å². The molecule has 0 unspecified atom stereocenters. The van der Waals surface area contributed by atoms with Gasteiger partial charge in [-0.25, -0.2) is 14.4 Å². The lowest BCUT2D eigenvalue weighted by Gasteiger charge is -2.24. The van der Waals surface area contributed by atoms with E-state index in [4.69, 9.17) is 37.4 Å². The van der Waals surface area contributed by atoms with Crippen LogP contribution in [-0.2, 0) is 14.3 Å². The van der Waals surface area contributed by atoms with Gasteiger partial charge >= 0.3 is 0 Å². The molecule has 0 bridgehead atoms. The number of aromatic nitrogens is 2. The topological polar surface area (TPSA) is 97.8 Å². The summed E-state index contributed by atoms with van der Waals surface area (Å²) in [5.41, 5.74) is 1.06. The summed E-state index contributed by atoms with van der Waals surface area (Å²) in [4.78, 5) is 23.5. The third kappa shape index (κ3) is 5.84. The zero-order chi connectivity index (χ0) is 26.6. The number of hydrogen-bond donors (Lipinski definition) is 2. The fraction of sp³-hybridized carbons (Fsp3) is 0.346. The van der Waals surface area contributed by atoms with Gasteiger partial charge in [-0.05, 0) is 25.1 Å². The van der Waals surface area contributed by atoms with Crippen molar-refractivity contribution < 1.29 is 23.4 Å². The number of anilines is 3. The summed E-state index contributed by atoms with van der Waals surface area (Å²) >= 11 is 11.9. The number of carbonyl (C=O) groups excluding carboxylic acids is 1. The van der Waals surface area contributed by atoms with Crippen LogP contribution in [0.4, 0.5) is 21.6 Å². The molecule has 12 heteroatoms. The molecule has 2 aliphatic heterocycles. The Morgan fingerprint density at radius 3 is 2.68 bits per heavy atom. The second-order valence-electron chi connectivity index (χ2n) is 8.80. The summed E-state index contributed by atoms with van der Waals surface area (Å²) in [6, 6.07) is 6.33. The molecule has 2 aromatic carbocycles. The van der Waals surface area contributed by atoms with Crippen LogP contribution in [-0.4, -0.2) is 72.4 Å². The lowest BCUT2D eigenvalue weighted by Crippen LogP contribution is -2.36. The Labute approximate surface area is 228 Å². The second kappa shape index (κ2) is 11.8. The van der Waals surface area contributed by atoms with Crippen molar-refractivity contribution in [2.75, 3.05) is 50.1 Å². The molecule has 0 saturated carbocycles. The van der Waals surface area contributed by atoms with Gasteiger partial charge < -0.3 is 24.8 Å². The van der Waals surface area contributed by atoms with E-state index in [-0.39, 0.29) is 33.8 Å². The van der Waals surface area contributed by atoms with E-state index in [1.54, 1.807) is 18.2 Å². The number of rotatable bonds is 8. The third-order valence-electron chi connectivity index (χ3n) is 6.25. The van der Waals surface area contributed by atoms with Crippen molar-refractivity contribution in [2.45, 2.75) is 19.1 Å². The molecule has 1 amide bonds. The molecule has 2 N–H and O–H groups in total. The molecule has 5 rings (SSSR count). The molecule has 0 aliphatic carbocycles. The van der Waals surface area contributed by atoms with Crippen LogP contribution in [0.15, 0.2) is 42.7 Å². The first kappa shape index (κ1) is 26.6. The SMILES string of the molecule is CCOc1cc2ncnc(Nc3ccc(Cl)c(Cl)c3F)c2cc1NC(=O)C=CCN1C[C@@H]2OCCO[C@@H]2C1. The number of likely N-dealkylation sites (tertiary alicyclic amines) is 1. The van der Waals surface area contributed by atoms with Gasteiger partial charge in [-0.1, -0.05) is 29.3 Å². The third-order valence-corrected chi connectivity index (χ3v) is 7.03. The molecule has 200 valence electrons. The van der Waals surface area contributed by atoms with E-state index in [1.807, 2.05) is 6.92 Å². The molecular weight excluding hydrogens is 536 g/mol. The van der Waals surface area contributed by atoms with Gasteiger partial charge in [0.1, 0.15) is 17.9 Å². The van der Waals surface area contributed by atoms with Gasteiger partial charge in [0.25, 0.3) is 0 Å². The summed E-state index contributed by atoms with van der Waals surface area (Å²) in [6.07, 6.45) is 4.80. The quantitative estimate of drug-likeness (QED) is 0.298. The molecule has 0 spiro atoms. The molecular formula is C26H26Cl2FN5O4. The highest BCUT2D eigenvalue weighted by Gasteiger charge is 2.35. The maximum absolute atomic E-state index is 14.7. The molecule has 1 aromatic heterocycles. The Hall–Kier alpha value is -3.02. The van der Waals surface area contributed by atoms with Gasteiger partial charge in [0.05, 0.1) is 59.0 Å². The van der Waals surface area contributed by atoms with Crippen LogP contribution in [0, 0.1) is 5.82 Å². The van der Waals surface area contributed by atoms with Gasteiger partial charge in [0.15, 0.2) is 5.82 Å². The fourth-order valence-corrected chi connectivity index (χ4v) is 4.79. The summed E-state index contributed by atoms with van der Waals surface area (Å²) in [7, 11) is 0. The number of halogens is 3. The zero-order valence-electron chi connectivity index (χ0n) is 20.5. The Balaban J connectivity index is 1.34. The Bertz CT molecular complexity index is 1360. The summed E-state index contributed by atoms with van der Waals surface area (Å²) in [6.45, 7) is 5.60. The lowest BCUT2D eigenvalue weighted by molar-refractivity contribution is -0.116. The predicted molar refractivity (Wildman–Crippen MR) is 144 cm³/mol. The Morgan fingerprint density at radius 1 is 1.18 bits per heavy atom. The number of hydrogen-bond acceptors (Lipinski definition) is 8. The zero-order valence-corrected chi connectivity index (χ0v) is 22.1. The molecule has 2 fully saturated rings. The van der Waals surface area contributed by atoms with Crippen LogP contribution < -0.4 is 15.4 Å². The number of nitrogens with zero attached hydrogens (tertiary/aromatic N) is 3. The highest BCUT2D eigenvalue weighted by Crippen LogP contribution is 2.35. The number of ether oxygens (including phenoxy) is 3. The molecule has 2 saturated heterocycles. The average molecular weight is 562 g/mol. The van der Waals surface area contributed by atoms with Gasteiger partial charge in [-0.15, -0.1) is 0 Å². The monoisotopic (exact) mass is 561 g/mol. The van der Waals surface area contributed by atoms with Gasteiger partial charge in [-0.2, -0.15) is 0 Å². The van der Waals surface area contributed by atoms with Crippen molar-refractivity contribution in [3.63, 3.8) is 0 Å². The highest BCUT2D eigenvalue weighted by molar-refractivity contribution is 6.42. The Morgan fingerprint density at radius 2 is 1.95 bits per heavy atom. The van der Waals surface area contributed by atoms with Crippen LogP contribution in [0.25, 0.3) is 10.9 Å². The largest absolute Gasteiger partial charge is 0.492 e. The van der Waals surface area contributed by atoms with Crippen molar-refractivity contribution in [1.29, 1.82) is 0 Å². The van der Waals surface area contributed by atoms with Gasteiger partial charge in [0.2, 0.25) is 5.91 Å². The van der Waals surface area contributed by atoms with Crippen LogP contribution in [0.1, 0.15) is 6.92 Å². The van der Waals surface area contributed by atoms with Crippen LogP contribution in [0.5, 0.6) is 5.75 Å². The smallest absolute Gasteiger partial charge is 0.248 e. The highest BCUT2D eigenvalue weighted by atomic mass is 35.5. The first-order valence-corrected chi connectivity index (χ1v) is 12.9. The molecule has 2 aliphatic rings. The molecule has 9 nitrogen and oxygen atoms in total. The predicted octanol–water partition coefficient (Wildman–Crippen LogP) is 4.81. The first-order valence-electron chi connectivity index (χ1n) is 12.2. The number of fused-ring (bicyclic) bond motifs is 2. The number of nitrogens with one attached hydrogen (secondary N) is 2. The second-order valence-corrected chi connectivity index (χ2v) is 9.58. The van der Waals surface area contributed by atoms with Crippen LogP contribution >= 0.6 is 23.2 Å². The molecule has 3 heterocycles. The van der Waals surface area contributed by atoms with E-state index < -0.39 is 5.82 Å². The van der Waals surface area contributed by atoms with E-state index in [0.717, 1.165) is 13.1 Å². The summed E-state index contributed by atoms with van der Waals surface area (Å²) in [5.74, 6) is -0.256. The molecule has 2 atom stereocenters. The minimum Gasteiger partial charge on any atom is -0.492 e. The molecule has 0 radical (unpaired) electrons. The number of amides is 1. The fourth-order valence-electron chi connectivity index (χ4n) is 4.48. The van der Waals surface area contributed by atoms with Crippen molar-refractivity contribution >= 4 is 57.2 Å². The standard InChI is InChI=1S/C26H26Cl2FN5O4/c1-2-36-20-11-18-15(26(31-14-30-18)33-17-6-5-16(27)24(28)25(17)29)10-19(20)32-23(35)4-3-7-34-12-21-22(13-34)38-9-8-37-21/h3-6,10-11,14,21-22H,2,7-9,12-13H2,1H3,(H,32,35)(H,30,31,33)/t21-,22+. The normalized spacial score (nSPS) is 19.6. The lowest BCUT2D eigenvalue weighted by atomic mass is 10.1. The van der Waals surface area contributed by atoms with Crippen molar-refractivity contribution in [1.82, 2.24) is 14.9 Å². The molecule has 3 aromatic rings. The van der Waals surface area contributed by atoms with Gasteiger partial charge in [0, 0.05) is 37.2 Å². The summed E-state index contributed by atoms with van der Waals surface area (Å²) in [5, 5.41) is 6.26. The Kier molecular flexibility index (Phi) is 8.25. The van der Waals surface area contributed by atoms with E-state index in [1.165, 1.54) is 24.5 Å². The van der Waals surface area contributed by atoms with E-state index in [2.05, 4.69) is 25.5 Å². The minimum absolute atomic E-state index is 0.0831. The van der Waals surface area contributed by atoms with Crippen molar-refractivity contribution in [3.05, 3.63) is 58.6 Å². The number of carbonyl (C=O) groups is 1. The average Bonchev–Trinajstić information content (AvgIpc) is 3.32. The van der Waals surface area contributed by atoms with Crippen LogP contribution in [0.3, 0.4) is 0 Å². The number of benzene rings is 2. The summed E-state index contributed by atoms with van der Waals surface area (Å²) < 4.78 is 31.9. The maximum atomic E-state index is 14.7. The van der Waals surface area contributed by atoms with Crippen LogP contribution in [0.2, 0.25) is 10.0 Å². The van der Waals surface area contributed by atoms with E-state index in [9.17, 15) is 9.18 Å². The van der Waals surface area contributed by atoms with Gasteiger partial charge in [-0.3, -0.25) is 9.69 Å². The maximum Gasteiger partial charge on any atom is 0.248 e. The molecule has 38 heavy (non-hydrogen) atoms. The minimum atomic E-state index is -0.703. The van der Waals surface area contributed by atoms with E-state index >= 15 is 0 Å². The van der Waals surface area contributed by atoms with E-state index in [0.29, 0.717) is 54.5 Å². The first-order chi connectivity index (χ1) is 18.4. The van der Waals surface area contributed by atoms with Crippen molar-refractivity contribution in [3.8, 4) is 5.75 Å².